The van der Waals surface area contributed by atoms with E-state index in [1.165, 1.54) is 17.7 Å². The molecule has 2 aliphatic heterocycles. The molecule has 4 aliphatic rings. The number of carboxylic acid groups (broad SMARTS) is 1. The molecule has 1 aromatic rings. The second-order valence-corrected chi connectivity index (χ2v) is 23.5. The number of nitrogens with two attached hydrogens (primary N) is 1. The Balaban J connectivity index is 1.14. The first-order valence-electron chi connectivity index (χ1n) is 27.8. The van der Waals surface area contributed by atoms with E-state index in [0.29, 0.717) is 37.2 Å². The number of anilines is 1. The molecule has 78 heavy (non-hydrogen) atoms. The Kier molecular flexibility index (Phi) is 22.4. The first-order chi connectivity index (χ1) is 36.8. The number of carbonyl (C=O) groups is 8. The van der Waals surface area contributed by atoms with Gasteiger partial charge in [0.25, 0.3) is 0 Å². The van der Waals surface area contributed by atoms with E-state index in [0.717, 1.165) is 50.7 Å². The van der Waals surface area contributed by atoms with E-state index in [-0.39, 0.29) is 79.4 Å². The van der Waals surface area contributed by atoms with Crippen LogP contribution >= 0.6 is 0 Å². The number of carboxylic acids is 1. The average molecular weight is 1090 g/mol. The second-order valence-electron chi connectivity index (χ2n) is 23.5. The lowest BCUT2D eigenvalue weighted by molar-refractivity contribution is -0.205. The molecule has 19 nitrogen and oxygen atoms in total. The van der Waals surface area contributed by atoms with Crippen molar-refractivity contribution in [3.63, 3.8) is 0 Å². The number of ether oxygens (including phenoxy) is 5. The standard InChI is InChI=1S/C59H87N5O14/c1-36(2)50(63-46(65)16-12-11-15-29-60)54(72)61-40(6)53(71)62-43-21-19-42(20-22-43)41(7)77-49(69)34-56(8,9)33-39(5)52(70)64-51(38(4)25-30-74-48(68)18-14-13-17-47(66)67)55(73)75-31-28-58-27-23-37(3)32-45(58)78-44-24-26-57(58,10)59(44)35-76-59/h13-14,17-22,32,36,38-41,44-45,50-51H,11-12,15-16,23-31,33-35,60H2,1-10H3,(H,61,72)(H,62,71)(H,63,65)(H,64,70)(H,66,67)/b17-13-,18-14+/t38-,39?,40+,41?,44?,45-,50?,51?,57?,58-,59+/m1/s1. The van der Waals surface area contributed by atoms with Crippen LogP contribution in [0.3, 0.4) is 0 Å². The first-order valence-corrected chi connectivity index (χ1v) is 27.8. The number of rotatable bonds is 30. The van der Waals surface area contributed by atoms with Gasteiger partial charge in [0.2, 0.25) is 23.6 Å². The van der Waals surface area contributed by atoms with Crippen LogP contribution in [0.4, 0.5) is 5.69 Å². The minimum atomic E-state index is -1.17. The van der Waals surface area contributed by atoms with E-state index in [9.17, 15) is 38.4 Å². The number of allylic oxidation sites excluding steroid dienone is 3. The Morgan fingerprint density at radius 1 is 0.859 bits per heavy atom. The van der Waals surface area contributed by atoms with Gasteiger partial charge in [-0.05, 0) is 120 Å². The van der Waals surface area contributed by atoms with E-state index >= 15 is 0 Å². The highest BCUT2D eigenvalue weighted by atomic mass is 16.6. The summed E-state index contributed by atoms with van der Waals surface area (Å²) in [5.74, 6) is -5.99. The molecule has 0 radical (unpaired) electrons. The number of carbonyl (C=O) groups excluding carboxylic acids is 7. The molecule has 1 spiro atoms. The van der Waals surface area contributed by atoms with Gasteiger partial charge in [0, 0.05) is 41.0 Å². The molecule has 432 valence electrons. The molecule has 11 atom stereocenters. The van der Waals surface area contributed by atoms with E-state index in [2.05, 4.69) is 41.2 Å². The van der Waals surface area contributed by atoms with Gasteiger partial charge in [0.05, 0.1) is 38.4 Å². The van der Waals surface area contributed by atoms with Crippen molar-refractivity contribution in [2.24, 2.45) is 39.7 Å². The highest BCUT2D eigenvalue weighted by Crippen LogP contribution is 2.72. The number of nitrogens with one attached hydrogen (secondary N) is 4. The second kappa shape index (κ2) is 27.8. The highest BCUT2D eigenvalue weighted by Gasteiger charge is 2.78. The maximum absolute atomic E-state index is 14.2. The van der Waals surface area contributed by atoms with Crippen molar-refractivity contribution in [2.75, 3.05) is 31.7 Å². The summed E-state index contributed by atoms with van der Waals surface area (Å²) in [6, 6.07) is 3.92. The summed E-state index contributed by atoms with van der Waals surface area (Å²) in [7, 11) is 0. The largest absolute Gasteiger partial charge is 0.478 e. The van der Waals surface area contributed by atoms with Crippen molar-refractivity contribution in [1.29, 1.82) is 0 Å². The summed E-state index contributed by atoms with van der Waals surface area (Å²) in [6.45, 7) is 19.7. The van der Waals surface area contributed by atoms with Gasteiger partial charge in [0.15, 0.2) is 0 Å². The molecular weight excluding hydrogens is 1000 g/mol. The van der Waals surface area contributed by atoms with Crippen LogP contribution in [0, 0.1) is 34.0 Å². The summed E-state index contributed by atoms with van der Waals surface area (Å²) < 4.78 is 30.2. The predicted molar refractivity (Wildman–Crippen MR) is 292 cm³/mol. The molecule has 2 bridgehead atoms. The quantitative estimate of drug-likeness (QED) is 0.00854. The highest BCUT2D eigenvalue weighted by molar-refractivity contribution is 5.98. The number of unbranched alkanes of at least 4 members (excludes halogenated alkanes) is 2. The Hall–Kier alpha value is -5.92. The molecule has 1 saturated carbocycles. The number of hydrogen-bond donors (Lipinski definition) is 6. The molecule has 4 amide bonds. The minimum Gasteiger partial charge on any atom is -0.478 e. The third-order valence-electron chi connectivity index (χ3n) is 16.5. The zero-order valence-corrected chi connectivity index (χ0v) is 47.5. The Bertz CT molecular complexity index is 2400. The summed E-state index contributed by atoms with van der Waals surface area (Å²) in [4.78, 5) is 104. The summed E-state index contributed by atoms with van der Waals surface area (Å²) in [5, 5.41) is 20.0. The van der Waals surface area contributed by atoms with Crippen LogP contribution in [0.1, 0.15) is 158 Å². The lowest BCUT2D eigenvalue weighted by Crippen LogP contribution is -2.62. The van der Waals surface area contributed by atoms with Gasteiger partial charge in [-0.3, -0.25) is 24.0 Å². The summed E-state index contributed by atoms with van der Waals surface area (Å²) in [6.07, 6.45) is 13.0. The molecule has 1 aromatic carbocycles. The topological polar surface area (TPSA) is 280 Å². The summed E-state index contributed by atoms with van der Waals surface area (Å²) >= 11 is 0. The average Bonchev–Trinajstić information content (AvgIpc) is 3.64. The van der Waals surface area contributed by atoms with Crippen molar-refractivity contribution in [3.8, 4) is 0 Å². The van der Waals surface area contributed by atoms with Crippen LogP contribution in [0.25, 0.3) is 0 Å². The number of epoxide rings is 1. The lowest BCUT2D eigenvalue weighted by Gasteiger charge is -2.58. The molecular formula is C59H87N5O14. The van der Waals surface area contributed by atoms with Gasteiger partial charge in [-0.15, -0.1) is 0 Å². The molecule has 5 rings (SSSR count). The molecule has 3 fully saturated rings. The fourth-order valence-corrected chi connectivity index (χ4v) is 11.7. The maximum atomic E-state index is 14.2. The Morgan fingerprint density at radius 3 is 2.21 bits per heavy atom. The van der Waals surface area contributed by atoms with Crippen LogP contribution in [-0.4, -0.2) is 115 Å². The number of esters is 3. The smallest absolute Gasteiger partial charge is 0.330 e. The zero-order valence-electron chi connectivity index (χ0n) is 47.5. The number of hydrogen-bond acceptors (Lipinski definition) is 14. The van der Waals surface area contributed by atoms with Gasteiger partial charge < -0.3 is 55.8 Å². The molecule has 6 unspecified atom stereocenters. The van der Waals surface area contributed by atoms with Crippen LogP contribution < -0.4 is 27.0 Å². The third-order valence-corrected chi connectivity index (χ3v) is 16.5. The van der Waals surface area contributed by atoms with Crippen molar-refractivity contribution in [3.05, 3.63) is 65.8 Å². The van der Waals surface area contributed by atoms with Crippen LogP contribution in [0.2, 0.25) is 0 Å². The minimum absolute atomic E-state index is 0.0240. The van der Waals surface area contributed by atoms with Gasteiger partial charge in [0.1, 0.15) is 29.8 Å². The Labute approximate surface area is 460 Å². The summed E-state index contributed by atoms with van der Waals surface area (Å²) in [5.41, 5.74) is 6.38. The third kappa shape index (κ3) is 16.3. The van der Waals surface area contributed by atoms with Gasteiger partial charge in [-0.25, -0.2) is 14.4 Å². The number of amides is 4. The first kappa shape index (κ1) is 62.9. The van der Waals surface area contributed by atoms with E-state index in [4.69, 9.17) is 34.5 Å². The van der Waals surface area contributed by atoms with Gasteiger partial charge >= 0.3 is 23.9 Å². The van der Waals surface area contributed by atoms with Gasteiger partial charge in [-0.1, -0.05) is 90.8 Å². The van der Waals surface area contributed by atoms with Crippen LogP contribution in [-0.2, 0) is 62.0 Å². The molecule has 7 N–H and O–H groups in total. The number of aliphatic carboxylic acids is 1. The molecule has 2 heterocycles. The predicted octanol–water partition coefficient (Wildman–Crippen LogP) is 7.08. The number of benzene rings is 1. The fraction of sp³-hybridized carbons (Fsp3) is 0.661. The molecule has 0 aromatic heterocycles. The normalized spacial score (nSPS) is 24.7. The van der Waals surface area contributed by atoms with Crippen LogP contribution in [0.5, 0.6) is 0 Å². The molecule has 2 aliphatic carbocycles. The van der Waals surface area contributed by atoms with Crippen molar-refractivity contribution in [1.82, 2.24) is 16.0 Å². The van der Waals surface area contributed by atoms with Crippen molar-refractivity contribution in [2.45, 2.75) is 188 Å². The molecule has 2 saturated heterocycles. The van der Waals surface area contributed by atoms with Crippen LogP contribution in [0.15, 0.2) is 60.2 Å². The lowest BCUT2D eigenvalue weighted by atomic mass is 9.50. The SMILES string of the molecule is CC1=C[C@H]2OC3CCC(C)([C@@]2(CCOC(=O)C(NC(=O)C(C)CC(C)(C)CC(=O)OC(C)c2ccc(NC(=O)[C@H](C)NC(=O)C(NC(=O)CCCCCN)C(C)C)cc2)[C@H](C)CCOC(=O)/C=C/C=C\C(=O)O)CC1)[C@]31CO1. The van der Waals surface area contributed by atoms with Gasteiger partial charge in [-0.2, -0.15) is 0 Å². The van der Waals surface area contributed by atoms with E-state index < -0.39 is 83.1 Å². The van der Waals surface area contributed by atoms with E-state index in [1.807, 2.05) is 27.7 Å². The fourth-order valence-electron chi connectivity index (χ4n) is 11.7. The number of fused-ring (bicyclic) bond motifs is 2. The monoisotopic (exact) mass is 1090 g/mol. The maximum Gasteiger partial charge on any atom is 0.330 e. The zero-order chi connectivity index (χ0) is 57.6. The van der Waals surface area contributed by atoms with E-state index in [1.54, 1.807) is 52.0 Å². The van der Waals surface area contributed by atoms with Crippen molar-refractivity contribution >= 4 is 53.2 Å². The molecule has 19 heteroatoms. The Morgan fingerprint density at radius 2 is 1.55 bits per heavy atom. The van der Waals surface area contributed by atoms with Crippen molar-refractivity contribution < 1.29 is 67.1 Å².